The van der Waals surface area contributed by atoms with Crippen molar-refractivity contribution in [1.29, 1.82) is 5.41 Å². The molecule has 0 saturated heterocycles. The number of carbonyl (C=O) groups excluding carboxylic acids is 1. The van der Waals surface area contributed by atoms with Gasteiger partial charge in [0.05, 0.1) is 44.7 Å². The number of pyridine rings is 1. The molecule has 0 radical (unpaired) electrons. The molecule has 0 spiro atoms. The van der Waals surface area contributed by atoms with Gasteiger partial charge in [-0.05, 0) is 48.6 Å². The molecule has 0 unspecified atom stereocenters. The van der Waals surface area contributed by atoms with Crippen LogP contribution in [0.5, 0.6) is 0 Å². The van der Waals surface area contributed by atoms with E-state index in [2.05, 4.69) is 15.8 Å². The Hall–Kier alpha value is -2.77. The van der Waals surface area contributed by atoms with Crippen LogP contribution >= 0.6 is 11.8 Å². The summed E-state index contributed by atoms with van der Waals surface area (Å²) >= 11 is 0.967. The molecule has 1 saturated carbocycles. The molecule has 10 nitrogen and oxygen atoms in total. The fraction of sp³-hybridized carbons (Fsp3) is 0.435. The van der Waals surface area contributed by atoms with Crippen LogP contribution in [0.15, 0.2) is 35.4 Å². The highest BCUT2D eigenvalue weighted by atomic mass is 32.2. The lowest BCUT2D eigenvalue weighted by Crippen LogP contribution is -2.38. The number of amides is 1. The first-order valence-electron chi connectivity index (χ1n) is 11.3. The number of nitrogens with two attached hydrogens (primary N) is 1. The van der Waals surface area contributed by atoms with Crippen LogP contribution in [0.1, 0.15) is 47.5 Å². The van der Waals surface area contributed by atoms with Gasteiger partial charge in [-0.1, -0.05) is 24.6 Å². The van der Waals surface area contributed by atoms with E-state index >= 15 is 0 Å². The molecule has 0 atom stereocenters. The monoisotopic (exact) mass is 506 g/mol. The summed E-state index contributed by atoms with van der Waals surface area (Å²) in [5.74, 6) is 4.88. The molecule has 1 heterocycles. The van der Waals surface area contributed by atoms with E-state index in [1.54, 1.807) is 18.3 Å². The number of nitrogens with one attached hydrogen (secondary N) is 3. The quantitative estimate of drug-likeness (QED) is 0.0773. The van der Waals surface area contributed by atoms with Crippen LogP contribution in [0.2, 0.25) is 0 Å². The largest absolute Gasteiger partial charge is 0.394 e. The van der Waals surface area contributed by atoms with Crippen molar-refractivity contribution in [2.75, 3.05) is 44.3 Å². The van der Waals surface area contributed by atoms with E-state index in [-0.39, 0.29) is 42.9 Å². The van der Waals surface area contributed by atoms with Gasteiger partial charge < -0.3 is 15.2 Å². The highest BCUT2D eigenvalue weighted by Gasteiger charge is 2.21. The molecule has 1 aliphatic rings. The third-order valence-corrected chi connectivity index (χ3v) is 6.55. The van der Waals surface area contributed by atoms with Gasteiger partial charge in [0.25, 0.3) is 5.91 Å². The topological polar surface area (TPSA) is 146 Å². The zero-order valence-corrected chi connectivity index (χ0v) is 20.4. The molecule has 2 aromatic rings. The lowest BCUT2D eigenvalue weighted by Gasteiger charge is -2.20. The standard InChI is InChI=1S/C23H31FN6O4S/c1-33-29-17-6-7-20(35-23(25)30(26)8-10-34-11-9-31)18(13-17)22(32)28-21-19(24)12-16(14-27-21)15-4-2-3-5-15/h6-7,12-15,25,29,31H,2-5,8-11,26H2,1H3,(H,27,28,32). The first-order chi connectivity index (χ1) is 16.9. The molecule has 6 N–H and O–H groups in total. The second kappa shape index (κ2) is 13.4. The lowest BCUT2D eigenvalue weighted by molar-refractivity contribution is 0.0844. The second-order valence-electron chi connectivity index (χ2n) is 7.99. The number of hydrogen-bond donors (Lipinski definition) is 5. The average Bonchev–Trinajstić information content (AvgIpc) is 3.39. The highest BCUT2D eigenvalue weighted by Crippen LogP contribution is 2.34. The second-order valence-corrected chi connectivity index (χ2v) is 9.02. The van der Waals surface area contributed by atoms with E-state index in [0.29, 0.717) is 16.5 Å². The summed E-state index contributed by atoms with van der Waals surface area (Å²) in [6.07, 6.45) is 5.91. The zero-order chi connectivity index (χ0) is 25.2. The van der Waals surface area contributed by atoms with Crippen LogP contribution in [0.3, 0.4) is 0 Å². The highest BCUT2D eigenvalue weighted by molar-refractivity contribution is 8.13. The van der Waals surface area contributed by atoms with Crippen molar-refractivity contribution in [3.05, 3.63) is 47.4 Å². The van der Waals surface area contributed by atoms with Gasteiger partial charge >= 0.3 is 0 Å². The van der Waals surface area contributed by atoms with Crippen LogP contribution < -0.4 is 16.6 Å². The molecule has 190 valence electrons. The molecule has 1 amide bonds. The van der Waals surface area contributed by atoms with Gasteiger partial charge in [-0.3, -0.25) is 25.5 Å². The molecule has 1 aromatic carbocycles. The van der Waals surface area contributed by atoms with E-state index < -0.39 is 11.7 Å². The van der Waals surface area contributed by atoms with Crippen LogP contribution in [0.25, 0.3) is 0 Å². The molecule has 12 heteroatoms. The van der Waals surface area contributed by atoms with Crippen LogP contribution in [0, 0.1) is 11.2 Å². The summed E-state index contributed by atoms with van der Waals surface area (Å²) in [5.41, 5.74) is 4.19. The van der Waals surface area contributed by atoms with E-state index in [0.717, 1.165) is 43.0 Å². The molecule has 1 fully saturated rings. The Morgan fingerprint density at radius 1 is 1.34 bits per heavy atom. The Bertz CT molecular complexity index is 1020. The number of aliphatic hydroxyl groups excluding tert-OH is 1. The van der Waals surface area contributed by atoms with Crippen molar-refractivity contribution in [3.8, 4) is 0 Å². The summed E-state index contributed by atoms with van der Waals surface area (Å²) in [6, 6.07) is 6.29. The van der Waals surface area contributed by atoms with E-state index in [1.807, 2.05) is 0 Å². The number of hydrogen-bond acceptors (Lipinski definition) is 9. The Morgan fingerprint density at radius 2 is 2.11 bits per heavy atom. The summed E-state index contributed by atoms with van der Waals surface area (Å²) < 4.78 is 19.9. The minimum absolute atomic E-state index is 0.0238. The van der Waals surface area contributed by atoms with Crippen LogP contribution in [-0.4, -0.2) is 59.6 Å². The van der Waals surface area contributed by atoms with Gasteiger partial charge in [-0.15, -0.1) is 0 Å². The predicted molar refractivity (Wildman–Crippen MR) is 133 cm³/mol. The molecule has 0 bridgehead atoms. The molecule has 35 heavy (non-hydrogen) atoms. The number of hydrazine groups is 1. The minimum atomic E-state index is -0.591. The van der Waals surface area contributed by atoms with Crippen LogP contribution in [0.4, 0.5) is 15.9 Å². The van der Waals surface area contributed by atoms with Crippen molar-refractivity contribution < 1.29 is 23.9 Å². The summed E-state index contributed by atoms with van der Waals surface area (Å²) in [6.45, 7) is 0.527. The number of carbonyl (C=O) groups is 1. The van der Waals surface area contributed by atoms with E-state index in [9.17, 15) is 9.18 Å². The number of rotatable bonds is 11. The molecule has 0 aliphatic heterocycles. The maximum atomic E-state index is 14.8. The Morgan fingerprint density at radius 3 is 2.80 bits per heavy atom. The molecule has 3 rings (SSSR count). The van der Waals surface area contributed by atoms with Crippen molar-refractivity contribution in [3.63, 3.8) is 0 Å². The number of amidine groups is 1. The molecule has 1 aliphatic carbocycles. The smallest absolute Gasteiger partial charge is 0.258 e. The number of aromatic nitrogens is 1. The van der Waals surface area contributed by atoms with Crippen molar-refractivity contribution in [1.82, 2.24) is 9.99 Å². The van der Waals surface area contributed by atoms with E-state index in [4.69, 9.17) is 25.9 Å². The summed E-state index contributed by atoms with van der Waals surface area (Å²) in [4.78, 5) is 22.6. The van der Waals surface area contributed by atoms with Gasteiger partial charge in [-0.2, -0.15) is 0 Å². The zero-order valence-electron chi connectivity index (χ0n) is 19.6. The molecule has 1 aromatic heterocycles. The molecular formula is C23H31FN6O4S. The number of anilines is 2. The van der Waals surface area contributed by atoms with Crippen molar-refractivity contribution in [2.24, 2.45) is 5.84 Å². The maximum Gasteiger partial charge on any atom is 0.258 e. The maximum absolute atomic E-state index is 14.8. The van der Waals surface area contributed by atoms with E-state index in [1.165, 1.54) is 24.3 Å². The van der Waals surface area contributed by atoms with Gasteiger partial charge in [0.1, 0.15) is 0 Å². The Labute approximate surface area is 207 Å². The van der Waals surface area contributed by atoms with Gasteiger partial charge in [-0.25, -0.2) is 15.2 Å². The third-order valence-electron chi connectivity index (χ3n) is 5.54. The molecular weight excluding hydrogens is 475 g/mol. The van der Waals surface area contributed by atoms with Crippen LogP contribution in [-0.2, 0) is 9.57 Å². The number of ether oxygens (including phenoxy) is 1. The number of benzene rings is 1. The van der Waals surface area contributed by atoms with Crippen molar-refractivity contribution in [2.45, 2.75) is 36.5 Å². The Balaban J connectivity index is 1.74. The fourth-order valence-corrected chi connectivity index (χ4v) is 4.59. The normalized spacial score (nSPS) is 13.6. The average molecular weight is 507 g/mol. The number of halogens is 1. The fourth-order valence-electron chi connectivity index (χ4n) is 3.77. The van der Waals surface area contributed by atoms with Gasteiger partial charge in [0.15, 0.2) is 16.8 Å². The lowest BCUT2D eigenvalue weighted by atomic mass is 9.99. The predicted octanol–water partition coefficient (Wildman–Crippen LogP) is 3.32. The Kier molecular flexibility index (Phi) is 10.2. The van der Waals surface area contributed by atoms with Gasteiger partial charge in [0.2, 0.25) is 0 Å². The summed E-state index contributed by atoms with van der Waals surface area (Å²) in [7, 11) is 1.44. The minimum Gasteiger partial charge on any atom is -0.394 e. The van der Waals surface area contributed by atoms with Gasteiger partial charge in [0, 0.05) is 11.1 Å². The number of thioether (sulfide) groups is 1. The summed E-state index contributed by atoms with van der Waals surface area (Å²) in [5, 5.41) is 20.7. The number of nitrogens with zero attached hydrogens (tertiary/aromatic N) is 2. The first kappa shape index (κ1) is 26.8. The first-order valence-corrected chi connectivity index (χ1v) is 12.1. The number of aliphatic hydroxyl groups is 1. The van der Waals surface area contributed by atoms with Crippen molar-refractivity contribution >= 4 is 34.3 Å². The third kappa shape index (κ3) is 7.61. The SMILES string of the molecule is CONc1ccc(SC(=N)N(N)CCOCCO)c(C(=O)Nc2ncc(C3CCCC3)cc2F)c1.